The highest BCUT2D eigenvalue weighted by molar-refractivity contribution is 4.95. The van der Waals surface area contributed by atoms with E-state index in [1.54, 1.807) is 13.8 Å². The van der Waals surface area contributed by atoms with Crippen LogP contribution in [0.2, 0.25) is 0 Å². The summed E-state index contributed by atoms with van der Waals surface area (Å²) in [7, 11) is 0. The predicted octanol–water partition coefficient (Wildman–Crippen LogP) is -1.46. The summed E-state index contributed by atoms with van der Waals surface area (Å²) in [6.45, 7) is 3.52. The summed E-state index contributed by atoms with van der Waals surface area (Å²) in [5.74, 6) is -0.755. The fraction of sp³-hybridized carbons (Fsp3) is 1.00. The molecule has 0 bridgehead atoms. The molecule has 0 aromatic rings. The minimum atomic E-state index is -0.907. The first-order valence-corrected chi connectivity index (χ1v) is 5.02. The number of rotatable bonds is 2. The third-order valence-electron chi connectivity index (χ3n) is 2.67. The van der Waals surface area contributed by atoms with Crippen LogP contribution in [0.1, 0.15) is 13.8 Å². The van der Waals surface area contributed by atoms with Crippen molar-refractivity contribution in [2.24, 2.45) is 5.73 Å². The summed E-state index contributed by atoms with van der Waals surface area (Å²) in [6, 6.07) is 0. The Morgan fingerprint density at radius 2 is 2.07 bits per heavy atom. The second kappa shape index (κ2) is 3.65. The zero-order valence-corrected chi connectivity index (χ0v) is 8.79. The number of fused-ring (bicyclic) bond motifs is 1. The van der Waals surface area contributed by atoms with Crippen molar-refractivity contribution < 1.29 is 24.4 Å². The molecule has 0 aromatic heterocycles. The Morgan fingerprint density at radius 3 is 2.60 bits per heavy atom. The van der Waals surface area contributed by atoms with Gasteiger partial charge in [0, 0.05) is 6.54 Å². The molecule has 2 saturated heterocycles. The van der Waals surface area contributed by atoms with Crippen molar-refractivity contribution >= 4 is 0 Å². The number of hydrogen-bond acceptors (Lipinski definition) is 6. The molecule has 2 rings (SSSR count). The number of ether oxygens (including phenoxy) is 3. The van der Waals surface area contributed by atoms with Crippen molar-refractivity contribution in [3.8, 4) is 0 Å². The standard InChI is InChI=1S/C9H17NO5/c1-9(2)14-7-5(12)6(4(11)3-10)13-8(7)15-9/h4-8,11-12H,3,10H2,1-2H3/t4?,5?,6-,7+,8-/m0/s1. The quantitative estimate of drug-likeness (QED) is 0.525. The van der Waals surface area contributed by atoms with Gasteiger partial charge in [-0.05, 0) is 13.8 Å². The van der Waals surface area contributed by atoms with Crippen LogP contribution in [0.25, 0.3) is 0 Å². The molecule has 0 aromatic carbocycles. The first-order valence-electron chi connectivity index (χ1n) is 5.02. The fourth-order valence-corrected chi connectivity index (χ4v) is 1.97. The van der Waals surface area contributed by atoms with E-state index in [2.05, 4.69) is 0 Å². The van der Waals surface area contributed by atoms with Crippen LogP contribution >= 0.6 is 0 Å². The van der Waals surface area contributed by atoms with Gasteiger partial charge >= 0.3 is 0 Å². The molecule has 2 aliphatic rings. The van der Waals surface area contributed by atoms with Crippen molar-refractivity contribution in [1.82, 2.24) is 0 Å². The molecule has 6 heteroatoms. The van der Waals surface area contributed by atoms with Gasteiger partial charge in [0.1, 0.15) is 18.3 Å². The molecule has 6 nitrogen and oxygen atoms in total. The van der Waals surface area contributed by atoms with E-state index in [1.807, 2.05) is 0 Å². The average Bonchev–Trinajstić information content (AvgIpc) is 2.60. The smallest absolute Gasteiger partial charge is 0.190 e. The molecule has 0 radical (unpaired) electrons. The van der Waals surface area contributed by atoms with E-state index in [9.17, 15) is 10.2 Å². The van der Waals surface area contributed by atoms with Gasteiger partial charge in [-0.15, -0.1) is 0 Å². The molecule has 0 saturated carbocycles. The average molecular weight is 219 g/mol. The summed E-state index contributed by atoms with van der Waals surface area (Å²) < 4.78 is 16.2. The van der Waals surface area contributed by atoms with E-state index in [-0.39, 0.29) is 6.54 Å². The second-order valence-corrected chi connectivity index (χ2v) is 4.36. The molecular weight excluding hydrogens is 202 g/mol. The van der Waals surface area contributed by atoms with E-state index in [0.29, 0.717) is 0 Å². The summed E-state index contributed by atoms with van der Waals surface area (Å²) in [5.41, 5.74) is 5.29. The first-order chi connectivity index (χ1) is 6.94. The lowest BCUT2D eigenvalue weighted by molar-refractivity contribution is -0.225. The van der Waals surface area contributed by atoms with Crippen molar-refractivity contribution in [2.75, 3.05) is 6.54 Å². The van der Waals surface area contributed by atoms with Crippen LogP contribution in [-0.2, 0) is 14.2 Å². The van der Waals surface area contributed by atoms with Crippen LogP contribution in [-0.4, -0.2) is 53.3 Å². The lowest BCUT2D eigenvalue weighted by atomic mass is 10.1. The van der Waals surface area contributed by atoms with E-state index in [4.69, 9.17) is 19.9 Å². The minimum Gasteiger partial charge on any atom is -0.389 e. The second-order valence-electron chi connectivity index (χ2n) is 4.36. The Kier molecular flexibility index (Phi) is 2.74. The first kappa shape index (κ1) is 11.3. The summed E-state index contributed by atoms with van der Waals surface area (Å²) in [5, 5.41) is 19.3. The highest BCUT2D eigenvalue weighted by atomic mass is 16.8. The number of nitrogens with two attached hydrogens (primary N) is 1. The highest BCUT2D eigenvalue weighted by Gasteiger charge is 2.55. The van der Waals surface area contributed by atoms with Gasteiger partial charge in [0.05, 0.1) is 6.10 Å². The lowest BCUT2D eigenvalue weighted by Crippen LogP contribution is -2.43. The molecule has 5 atom stereocenters. The van der Waals surface area contributed by atoms with E-state index < -0.39 is 36.5 Å². The van der Waals surface area contributed by atoms with Gasteiger partial charge in [0.2, 0.25) is 0 Å². The molecule has 2 heterocycles. The minimum absolute atomic E-state index is 0.0323. The Bertz CT molecular complexity index is 247. The zero-order chi connectivity index (χ0) is 11.2. The third-order valence-corrected chi connectivity index (χ3v) is 2.67. The fourth-order valence-electron chi connectivity index (χ4n) is 1.97. The molecule has 88 valence electrons. The van der Waals surface area contributed by atoms with Gasteiger partial charge in [-0.1, -0.05) is 0 Å². The van der Waals surface area contributed by atoms with Crippen molar-refractivity contribution in [2.45, 2.75) is 50.3 Å². The van der Waals surface area contributed by atoms with Gasteiger partial charge in [-0.25, -0.2) is 0 Å². The Hall–Kier alpha value is -0.240. The van der Waals surface area contributed by atoms with Gasteiger partial charge in [-0.3, -0.25) is 0 Å². The van der Waals surface area contributed by atoms with E-state index >= 15 is 0 Å². The Morgan fingerprint density at radius 1 is 1.40 bits per heavy atom. The predicted molar refractivity (Wildman–Crippen MR) is 49.8 cm³/mol. The number of aliphatic hydroxyl groups is 2. The lowest BCUT2D eigenvalue weighted by Gasteiger charge is -2.25. The SMILES string of the molecule is CC1(C)O[C@@H]2O[C@@H](C(O)CN)C(O)[C@H]2O1. The summed E-state index contributed by atoms with van der Waals surface area (Å²) in [6.07, 6.45) is -3.72. The molecule has 2 fully saturated rings. The summed E-state index contributed by atoms with van der Waals surface area (Å²) in [4.78, 5) is 0. The molecule has 0 aliphatic carbocycles. The maximum Gasteiger partial charge on any atom is 0.190 e. The third kappa shape index (κ3) is 1.89. The maximum atomic E-state index is 9.85. The van der Waals surface area contributed by atoms with Crippen LogP contribution in [0, 0.1) is 0 Å². The maximum absolute atomic E-state index is 9.85. The molecular formula is C9H17NO5. The summed E-state index contributed by atoms with van der Waals surface area (Å²) >= 11 is 0. The van der Waals surface area contributed by atoms with Crippen molar-refractivity contribution in [1.29, 1.82) is 0 Å². The Balaban J connectivity index is 2.05. The number of hydrogen-bond donors (Lipinski definition) is 3. The molecule has 0 amide bonds. The monoisotopic (exact) mass is 219 g/mol. The topological polar surface area (TPSA) is 94.2 Å². The van der Waals surface area contributed by atoms with Gasteiger partial charge in [0.25, 0.3) is 0 Å². The van der Waals surface area contributed by atoms with Crippen LogP contribution in [0.15, 0.2) is 0 Å². The van der Waals surface area contributed by atoms with Crippen LogP contribution in [0.3, 0.4) is 0 Å². The Labute approximate surface area is 87.9 Å². The largest absolute Gasteiger partial charge is 0.389 e. The van der Waals surface area contributed by atoms with Gasteiger partial charge in [0.15, 0.2) is 12.1 Å². The molecule has 2 aliphatic heterocycles. The highest BCUT2D eigenvalue weighted by Crippen LogP contribution is 2.37. The molecule has 15 heavy (non-hydrogen) atoms. The van der Waals surface area contributed by atoms with Crippen LogP contribution in [0.4, 0.5) is 0 Å². The van der Waals surface area contributed by atoms with Crippen molar-refractivity contribution in [3.63, 3.8) is 0 Å². The zero-order valence-electron chi connectivity index (χ0n) is 8.79. The molecule has 2 unspecified atom stereocenters. The van der Waals surface area contributed by atoms with E-state index in [1.165, 1.54) is 0 Å². The van der Waals surface area contributed by atoms with E-state index in [0.717, 1.165) is 0 Å². The van der Waals surface area contributed by atoms with Crippen LogP contribution < -0.4 is 5.73 Å². The van der Waals surface area contributed by atoms with Gasteiger partial charge < -0.3 is 30.2 Å². The number of aliphatic hydroxyl groups excluding tert-OH is 2. The molecule has 4 N–H and O–H groups in total. The normalized spacial score (nSPS) is 45.4. The van der Waals surface area contributed by atoms with Crippen molar-refractivity contribution in [3.05, 3.63) is 0 Å². The van der Waals surface area contributed by atoms with Gasteiger partial charge in [-0.2, -0.15) is 0 Å². The van der Waals surface area contributed by atoms with Crippen LogP contribution in [0.5, 0.6) is 0 Å². The molecule has 0 spiro atoms.